The quantitative estimate of drug-likeness (QED) is 0.492. The Morgan fingerprint density at radius 2 is 2.03 bits per heavy atom. The first-order valence-electron chi connectivity index (χ1n) is 10.1. The summed E-state index contributed by atoms with van der Waals surface area (Å²) in [5.41, 5.74) is 3.96. The highest BCUT2D eigenvalue weighted by Gasteiger charge is 2.36. The summed E-state index contributed by atoms with van der Waals surface area (Å²) in [6.45, 7) is 1.92. The Bertz CT molecular complexity index is 1260. The maximum absolute atomic E-state index is 13.8. The normalized spacial score (nSPS) is 18.7. The molecular weight excluding hydrogens is 397 g/mol. The number of hydrogen-bond acceptors (Lipinski definition) is 6. The zero-order chi connectivity index (χ0) is 21.5. The molecule has 1 aromatic carbocycles. The molecule has 0 aliphatic heterocycles. The lowest BCUT2D eigenvalue weighted by atomic mass is 10.1. The lowest BCUT2D eigenvalue weighted by Gasteiger charge is -2.18. The molecule has 0 spiro atoms. The molecule has 31 heavy (non-hydrogen) atoms. The van der Waals surface area contributed by atoms with Gasteiger partial charge in [-0.05, 0) is 61.4 Å². The van der Waals surface area contributed by atoms with Gasteiger partial charge in [-0.3, -0.25) is 4.98 Å². The molecule has 0 amide bonds. The van der Waals surface area contributed by atoms with Crippen LogP contribution in [0.15, 0.2) is 54.9 Å². The van der Waals surface area contributed by atoms with Crippen LogP contribution >= 0.6 is 0 Å². The van der Waals surface area contributed by atoms with Crippen molar-refractivity contribution in [2.45, 2.75) is 31.4 Å². The van der Waals surface area contributed by atoms with Gasteiger partial charge in [0.05, 0.1) is 31.1 Å². The maximum atomic E-state index is 13.8. The molecule has 3 aromatic heterocycles. The van der Waals surface area contributed by atoms with Gasteiger partial charge >= 0.3 is 0 Å². The average molecular weight is 419 g/mol. The van der Waals surface area contributed by atoms with Crippen molar-refractivity contribution in [3.63, 3.8) is 0 Å². The van der Waals surface area contributed by atoms with E-state index in [1.165, 1.54) is 12.1 Å². The minimum atomic E-state index is -0.323. The van der Waals surface area contributed by atoms with Gasteiger partial charge in [-0.1, -0.05) is 0 Å². The highest BCUT2D eigenvalue weighted by Crippen LogP contribution is 2.41. The minimum absolute atomic E-state index is 0.174. The second kappa shape index (κ2) is 7.63. The zero-order valence-corrected chi connectivity index (χ0v) is 17.2. The van der Waals surface area contributed by atoms with E-state index < -0.39 is 0 Å². The summed E-state index contributed by atoms with van der Waals surface area (Å²) < 4.78 is 20.9. The molecule has 1 saturated carbocycles. The largest absolute Gasteiger partial charge is 0.496 e. The third kappa shape index (κ3) is 3.70. The molecule has 0 radical (unpaired) electrons. The Labute approximate surface area is 178 Å². The molecule has 1 aliphatic carbocycles. The van der Waals surface area contributed by atoms with Crippen molar-refractivity contribution in [1.29, 1.82) is 0 Å². The number of hydrogen-bond donors (Lipinski definition) is 2. The molecule has 158 valence electrons. The summed E-state index contributed by atoms with van der Waals surface area (Å²) >= 11 is 0. The predicted molar refractivity (Wildman–Crippen MR) is 115 cm³/mol. The third-order valence-corrected chi connectivity index (χ3v) is 5.62. The molecular formula is C23H22FN5O2. The lowest BCUT2D eigenvalue weighted by molar-refractivity contribution is 0.272. The summed E-state index contributed by atoms with van der Waals surface area (Å²) in [6.07, 6.45) is 3.99. The first-order chi connectivity index (χ1) is 15.0. The number of imidazole rings is 1. The van der Waals surface area contributed by atoms with Crippen molar-refractivity contribution in [3.8, 4) is 17.1 Å². The molecule has 1 fully saturated rings. The van der Waals surface area contributed by atoms with E-state index in [9.17, 15) is 9.50 Å². The average Bonchev–Trinajstić information content (AvgIpc) is 3.37. The van der Waals surface area contributed by atoms with E-state index in [4.69, 9.17) is 4.74 Å². The van der Waals surface area contributed by atoms with Crippen LogP contribution in [0.2, 0.25) is 0 Å². The summed E-state index contributed by atoms with van der Waals surface area (Å²) in [5, 5.41) is 17.7. The number of ether oxygens (including phenoxy) is 1. The fraction of sp³-hybridized carbons (Fsp3) is 0.261. The molecule has 2 N–H and O–H groups in total. The van der Waals surface area contributed by atoms with Crippen LogP contribution in [-0.2, 0) is 0 Å². The lowest BCUT2D eigenvalue weighted by Crippen LogP contribution is -2.11. The predicted octanol–water partition coefficient (Wildman–Crippen LogP) is 3.96. The molecule has 2 unspecified atom stereocenters. The molecule has 0 saturated heterocycles. The van der Waals surface area contributed by atoms with E-state index in [-0.39, 0.29) is 23.9 Å². The summed E-state index contributed by atoms with van der Waals surface area (Å²) in [7, 11) is 1.56. The number of aliphatic hydroxyl groups excluding tert-OH is 1. The van der Waals surface area contributed by atoms with E-state index in [1.54, 1.807) is 30.1 Å². The van der Waals surface area contributed by atoms with Gasteiger partial charge in [0.25, 0.3) is 0 Å². The van der Waals surface area contributed by atoms with Gasteiger partial charge in [0.15, 0.2) is 5.65 Å². The number of methoxy groups -OCH3 is 1. The van der Waals surface area contributed by atoms with Crippen molar-refractivity contribution in [3.05, 3.63) is 71.8 Å². The topological polar surface area (TPSA) is 84.6 Å². The molecule has 5 rings (SSSR count). The van der Waals surface area contributed by atoms with Gasteiger partial charge in [-0.2, -0.15) is 0 Å². The van der Waals surface area contributed by atoms with E-state index >= 15 is 0 Å². The summed E-state index contributed by atoms with van der Waals surface area (Å²) in [4.78, 5) is 8.91. The first kappa shape index (κ1) is 19.4. The Balaban J connectivity index is 1.46. The molecule has 3 heterocycles. The standard InChI is InChI=1S/C23H22FN5O2/c1-13(16-10-15(24)3-4-21(16)31-2)27-22-5-6-23-26-12-19(29(23)28-22)18-9-14(7-8-25-18)17-11-20(17)30/h3-10,12-13,17,20,30H,11H2,1-2H3,(H,27,28)/t13-,17?,20?/m1/s1. The Hall–Kier alpha value is -3.52. The van der Waals surface area contributed by atoms with Crippen LogP contribution in [0.25, 0.3) is 17.0 Å². The number of nitrogens with zero attached hydrogens (tertiary/aromatic N) is 4. The van der Waals surface area contributed by atoms with Gasteiger partial charge in [0.1, 0.15) is 23.1 Å². The van der Waals surface area contributed by atoms with Crippen LogP contribution in [-0.4, -0.2) is 37.9 Å². The molecule has 1 aliphatic rings. The Morgan fingerprint density at radius 3 is 2.81 bits per heavy atom. The third-order valence-electron chi connectivity index (χ3n) is 5.62. The number of aromatic nitrogens is 4. The highest BCUT2D eigenvalue weighted by atomic mass is 19.1. The number of pyridine rings is 1. The van der Waals surface area contributed by atoms with Crippen LogP contribution in [0.1, 0.15) is 36.4 Å². The summed E-state index contributed by atoms with van der Waals surface area (Å²) in [5.74, 6) is 1.07. The van der Waals surface area contributed by atoms with E-state index in [0.29, 0.717) is 22.8 Å². The smallest absolute Gasteiger partial charge is 0.154 e. The Morgan fingerprint density at radius 1 is 1.19 bits per heavy atom. The fourth-order valence-electron chi connectivity index (χ4n) is 3.83. The van der Waals surface area contributed by atoms with Crippen LogP contribution < -0.4 is 10.1 Å². The number of halogens is 1. The second-order valence-corrected chi connectivity index (χ2v) is 7.77. The number of rotatable bonds is 6. The van der Waals surface area contributed by atoms with E-state index in [1.807, 2.05) is 31.2 Å². The second-order valence-electron chi connectivity index (χ2n) is 7.77. The van der Waals surface area contributed by atoms with Gasteiger partial charge in [-0.15, -0.1) is 5.10 Å². The molecule has 3 atom stereocenters. The van der Waals surface area contributed by atoms with E-state index in [2.05, 4.69) is 20.4 Å². The Kier molecular flexibility index (Phi) is 4.78. The van der Waals surface area contributed by atoms with Crippen molar-refractivity contribution in [1.82, 2.24) is 19.6 Å². The van der Waals surface area contributed by atoms with Crippen molar-refractivity contribution < 1.29 is 14.2 Å². The zero-order valence-electron chi connectivity index (χ0n) is 17.2. The molecule has 7 nitrogen and oxygen atoms in total. The number of benzene rings is 1. The van der Waals surface area contributed by atoms with Crippen LogP contribution in [0.4, 0.5) is 10.2 Å². The molecule has 8 heteroatoms. The SMILES string of the molecule is COc1ccc(F)cc1[C@@H](C)Nc1ccc2ncc(-c3cc(C4CC4O)ccn3)n2n1. The van der Waals surface area contributed by atoms with Crippen molar-refractivity contribution in [2.24, 2.45) is 0 Å². The van der Waals surface area contributed by atoms with Crippen molar-refractivity contribution >= 4 is 11.5 Å². The van der Waals surface area contributed by atoms with Crippen molar-refractivity contribution in [2.75, 3.05) is 12.4 Å². The first-order valence-corrected chi connectivity index (χ1v) is 10.1. The van der Waals surface area contributed by atoms with Gasteiger partial charge in [0, 0.05) is 17.7 Å². The molecule has 0 bridgehead atoms. The number of aliphatic hydroxyl groups is 1. The van der Waals surface area contributed by atoms with Crippen LogP contribution in [0, 0.1) is 5.82 Å². The highest BCUT2D eigenvalue weighted by molar-refractivity contribution is 5.61. The fourth-order valence-corrected chi connectivity index (χ4v) is 3.83. The van der Waals surface area contributed by atoms with Gasteiger partial charge in [-0.25, -0.2) is 13.9 Å². The minimum Gasteiger partial charge on any atom is -0.496 e. The number of nitrogens with one attached hydrogen (secondary N) is 1. The monoisotopic (exact) mass is 419 g/mol. The maximum Gasteiger partial charge on any atom is 0.154 e. The summed E-state index contributed by atoms with van der Waals surface area (Å²) in [6, 6.07) is 11.8. The van der Waals surface area contributed by atoms with Gasteiger partial charge in [0.2, 0.25) is 0 Å². The van der Waals surface area contributed by atoms with Gasteiger partial charge < -0.3 is 15.2 Å². The van der Waals surface area contributed by atoms with E-state index in [0.717, 1.165) is 23.4 Å². The number of fused-ring (bicyclic) bond motifs is 1. The van der Waals surface area contributed by atoms with Crippen LogP contribution in [0.5, 0.6) is 5.75 Å². The van der Waals surface area contributed by atoms with Crippen LogP contribution in [0.3, 0.4) is 0 Å². The number of anilines is 1. The molecule has 4 aromatic rings.